The van der Waals surface area contributed by atoms with Crippen LogP contribution < -0.4 is 14.8 Å². The van der Waals surface area contributed by atoms with E-state index in [1.165, 1.54) is 14.0 Å². The topological polar surface area (TPSA) is 73.9 Å². The van der Waals surface area contributed by atoms with Gasteiger partial charge >= 0.3 is 5.97 Å². The van der Waals surface area contributed by atoms with Crippen molar-refractivity contribution in [3.05, 3.63) is 53.1 Å². The number of ether oxygens (including phenoxy) is 3. The van der Waals surface area contributed by atoms with Crippen molar-refractivity contribution < 1.29 is 23.8 Å². The second-order valence-corrected chi connectivity index (χ2v) is 6.27. The monoisotopic (exact) mass is 391 g/mol. The number of rotatable bonds is 8. The zero-order valence-corrected chi connectivity index (χ0v) is 16.2. The van der Waals surface area contributed by atoms with Crippen molar-refractivity contribution in [2.24, 2.45) is 0 Å². The Morgan fingerprint density at radius 3 is 2.59 bits per heavy atom. The van der Waals surface area contributed by atoms with Crippen LogP contribution in [0.15, 0.2) is 42.5 Å². The van der Waals surface area contributed by atoms with E-state index in [-0.39, 0.29) is 13.0 Å². The van der Waals surface area contributed by atoms with Gasteiger partial charge in [0.05, 0.1) is 25.8 Å². The Morgan fingerprint density at radius 1 is 1.15 bits per heavy atom. The first-order valence-corrected chi connectivity index (χ1v) is 8.81. The van der Waals surface area contributed by atoms with Crippen LogP contribution in [0.2, 0.25) is 5.02 Å². The molecule has 2 rings (SSSR count). The molecule has 0 radical (unpaired) electrons. The van der Waals surface area contributed by atoms with Crippen molar-refractivity contribution in [1.82, 2.24) is 0 Å². The van der Waals surface area contributed by atoms with Gasteiger partial charge in [-0.05, 0) is 43.7 Å². The number of hydrogen-bond acceptors (Lipinski definition) is 5. The number of amides is 1. The van der Waals surface area contributed by atoms with Crippen LogP contribution in [0.3, 0.4) is 0 Å². The van der Waals surface area contributed by atoms with Gasteiger partial charge in [-0.25, -0.2) is 0 Å². The Bertz CT molecular complexity index is 809. The summed E-state index contributed by atoms with van der Waals surface area (Å²) in [5.41, 5.74) is 1.38. The minimum absolute atomic E-state index is 0.0342. The van der Waals surface area contributed by atoms with Crippen molar-refractivity contribution in [1.29, 1.82) is 0 Å². The Kier molecular flexibility index (Phi) is 7.49. The van der Waals surface area contributed by atoms with Crippen LogP contribution in [-0.4, -0.2) is 31.7 Å². The summed E-state index contributed by atoms with van der Waals surface area (Å²) in [5.74, 6) is 0.162. The van der Waals surface area contributed by atoms with E-state index in [4.69, 9.17) is 25.8 Å². The van der Waals surface area contributed by atoms with Crippen LogP contribution in [0.5, 0.6) is 11.5 Å². The number of para-hydroxylation sites is 1. The molecule has 144 valence electrons. The van der Waals surface area contributed by atoms with Gasteiger partial charge in [-0.3, -0.25) is 9.59 Å². The van der Waals surface area contributed by atoms with E-state index in [1.54, 1.807) is 18.2 Å². The van der Waals surface area contributed by atoms with Crippen molar-refractivity contribution in [3.63, 3.8) is 0 Å². The maximum Gasteiger partial charge on any atom is 0.310 e. The molecule has 0 saturated heterocycles. The van der Waals surface area contributed by atoms with E-state index in [9.17, 15) is 9.59 Å². The molecule has 0 aliphatic heterocycles. The number of halogens is 1. The van der Waals surface area contributed by atoms with Crippen LogP contribution in [-0.2, 0) is 14.3 Å². The highest BCUT2D eigenvalue weighted by atomic mass is 35.5. The summed E-state index contributed by atoms with van der Waals surface area (Å²) < 4.78 is 15.9. The normalized spacial score (nSPS) is 11.4. The van der Waals surface area contributed by atoms with Crippen LogP contribution in [0.25, 0.3) is 0 Å². The number of carbonyl (C=O) groups excluding carboxylic acids is 2. The third-order valence-corrected chi connectivity index (χ3v) is 3.99. The second-order valence-electron chi connectivity index (χ2n) is 5.83. The summed E-state index contributed by atoms with van der Waals surface area (Å²) in [5, 5.41) is 3.09. The fourth-order valence-corrected chi connectivity index (χ4v) is 2.46. The van der Waals surface area contributed by atoms with Gasteiger partial charge in [0.15, 0.2) is 6.10 Å². The molecule has 0 heterocycles. The molecule has 0 bridgehead atoms. The van der Waals surface area contributed by atoms with Crippen LogP contribution in [0.4, 0.5) is 5.69 Å². The molecule has 0 aromatic heterocycles. The smallest absolute Gasteiger partial charge is 0.310 e. The lowest BCUT2D eigenvalue weighted by Crippen LogP contribution is -2.30. The first-order valence-electron chi connectivity index (χ1n) is 8.43. The first-order chi connectivity index (χ1) is 12.9. The third-order valence-electron chi connectivity index (χ3n) is 3.75. The van der Waals surface area contributed by atoms with Gasteiger partial charge in [-0.15, -0.1) is 0 Å². The van der Waals surface area contributed by atoms with E-state index in [2.05, 4.69) is 5.32 Å². The van der Waals surface area contributed by atoms with Gasteiger partial charge in [0, 0.05) is 5.02 Å². The molecule has 0 saturated carbocycles. The molecule has 0 aliphatic carbocycles. The third kappa shape index (κ3) is 6.18. The summed E-state index contributed by atoms with van der Waals surface area (Å²) >= 11 is 5.93. The molecule has 0 spiro atoms. The minimum atomic E-state index is -0.973. The van der Waals surface area contributed by atoms with Crippen LogP contribution >= 0.6 is 11.6 Å². The number of anilines is 1. The van der Waals surface area contributed by atoms with Crippen molar-refractivity contribution >= 4 is 29.2 Å². The van der Waals surface area contributed by atoms with E-state index in [0.29, 0.717) is 22.2 Å². The van der Waals surface area contributed by atoms with Gasteiger partial charge in [0.25, 0.3) is 5.91 Å². The maximum absolute atomic E-state index is 12.2. The van der Waals surface area contributed by atoms with Crippen molar-refractivity contribution in [3.8, 4) is 11.5 Å². The van der Waals surface area contributed by atoms with Gasteiger partial charge in [-0.1, -0.05) is 29.8 Å². The molecule has 2 aromatic carbocycles. The highest BCUT2D eigenvalue weighted by Gasteiger charge is 2.19. The van der Waals surface area contributed by atoms with Gasteiger partial charge < -0.3 is 19.5 Å². The van der Waals surface area contributed by atoms with Gasteiger partial charge in [-0.2, -0.15) is 0 Å². The van der Waals surface area contributed by atoms with Gasteiger partial charge in [0.1, 0.15) is 11.5 Å². The van der Waals surface area contributed by atoms with Gasteiger partial charge in [0.2, 0.25) is 0 Å². The Labute approximate surface area is 163 Å². The zero-order chi connectivity index (χ0) is 19.8. The summed E-state index contributed by atoms with van der Waals surface area (Å²) in [7, 11) is 1.48. The fraction of sp³-hybridized carbons (Fsp3) is 0.300. The van der Waals surface area contributed by atoms with E-state index in [0.717, 1.165) is 5.56 Å². The molecule has 1 atom stereocenters. The van der Waals surface area contributed by atoms with Crippen molar-refractivity contribution in [2.45, 2.75) is 26.4 Å². The molecular formula is C20H22ClNO5. The lowest BCUT2D eigenvalue weighted by Gasteiger charge is -2.15. The fourth-order valence-electron chi connectivity index (χ4n) is 2.28. The lowest BCUT2D eigenvalue weighted by molar-refractivity contribution is -0.153. The summed E-state index contributed by atoms with van der Waals surface area (Å²) in [6.45, 7) is 3.58. The number of aryl methyl sites for hydroxylation is 1. The summed E-state index contributed by atoms with van der Waals surface area (Å²) in [6.07, 6.45) is -0.938. The van der Waals surface area contributed by atoms with Crippen molar-refractivity contribution in [2.75, 3.05) is 19.0 Å². The summed E-state index contributed by atoms with van der Waals surface area (Å²) in [6, 6.07) is 12.4. The molecule has 27 heavy (non-hydrogen) atoms. The molecule has 0 fully saturated rings. The number of nitrogens with one attached hydrogen (secondary N) is 1. The Morgan fingerprint density at radius 2 is 1.89 bits per heavy atom. The number of methoxy groups -OCH3 is 1. The molecule has 0 aliphatic rings. The number of esters is 1. The molecule has 2 aromatic rings. The number of carbonyl (C=O) groups is 2. The zero-order valence-electron chi connectivity index (χ0n) is 15.5. The second kappa shape index (κ2) is 9.83. The molecular weight excluding hydrogens is 370 g/mol. The lowest BCUT2D eigenvalue weighted by atomic mass is 10.2. The molecule has 1 amide bonds. The average molecular weight is 392 g/mol. The minimum Gasteiger partial charge on any atom is -0.495 e. The predicted octanol–water partition coefficient (Wildman–Crippen LogP) is 4.00. The largest absolute Gasteiger partial charge is 0.495 e. The van der Waals surface area contributed by atoms with E-state index >= 15 is 0 Å². The number of hydrogen-bond donors (Lipinski definition) is 1. The SMILES string of the molecule is COc1ccc(Cl)cc1NC(=O)[C@H](C)OC(=O)CCOc1ccccc1C. The molecule has 0 unspecified atom stereocenters. The highest BCUT2D eigenvalue weighted by Crippen LogP contribution is 2.27. The quantitative estimate of drug-likeness (QED) is 0.688. The molecule has 7 heteroatoms. The van der Waals surface area contributed by atoms with E-state index in [1.807, 2.05) is 31.2 Å². The standard InChI is InChI=1S/C20H22ClNO5/c1-13-6-4-5-7-17(13)26-11-10-19(23)27-14(2)20(24)22-16-12-15(21)8-9-18(16)25-3/h4-9,12,14H,10-11H2,1-3H3,(H,22,24)/t14-/m0/s1. The average Bonchev–Trinajstić information content (AvgIpc) is 2.63. The number of benzene rings is 2. The maximum atomic E-state index is 12.2. The molecule has 6 nitrogen and oxygen atoms in total. The predicted molar refractivity (Wildman–Crippen MR) is 103 cm³/mol. The molecule has 1 N–H and O–H groups in total. The van der Waals surface area contributed by atoms with Crippen LogP contribution in [0, 0.1) is 6.92 Å². The summed E-state index contributed by atoms with van der Waals surface area (Å²) in [4.78, 5) is 24.2. The Hall–Kier alpha value is -2.73. The van der Waals surface area contributed by atoms with Crippen LogP contribution in [0.1, 0.15) is 18.9 Å². The first kappa shape index (κ1) is 20.6. The van der Waals surface area contributed by atoms with E-state index < -0.39 is 18.0 Å². The Balaban J connectivity index is 1.82. The highest BCUT2D eigenvalue weighted by molar-refractivity contribution is 6.31.